The minimum Gasteiger partial charge on any atom is -0.492 e. The van der Waals surface area contributed by atoms with Gasteiger partial charge in [-0.25, -0.2) is 4.99 Å². The van der Waals surface area contributed by atoms with E-state index < -0.39 is 0 Å². The normalized spacial score (nSPS) is 16.3. The molecule has 0 aromatic heterocycles. The molecule has 1 N–H and O–H groups in total. The largest absolute Gasteiger partial charge is 0.492 e. The number of nitrogens with zero attached hydrogens (tertiary/aromatic N) is 1. The quantitative estimate of drug-likeness (QED) is 0.507. The van der Waals surface area contributed by atoms with Crippen molar-refractivity contribution in [2.75, 3.05) is 13.7 Å². The smallest absolute Gasteiger partial charge is 0.163 e. The van der Waals surface area contributed by atoms with Crippen LogP contribution in [0.3, 0.4) is 0 Å². The van der Waals surface area contributed by atoms with Gasteiger partial charge < -0.3 is 4.74 Å². The van der Waals surface area contributed by atoms with Crippen molar-refractivity contribution >= 4 is 5.84 Å². The molecule has 0 aromatic carbocycles. The van der Waals surface area contributed by atoms with Crippen LogP contribution in [0.1, 0.15) is 0 Å². The van der Waals surface area contributed by atoms with Crippen LogP contribution in [-0.4, -0.2) is 19.6 Å². The lowest BCUT2D eigenvalue weighted by Gasteiger charge is -2.08. The summed E-state index contributed by atoms with van der Waals surface area (Å²) in [7, 11) is 1.53. The molecule has 0 unspecified atom stereocenters. The van der Waals surface area contributed by atoms with Gasteiger partial charge in [-0.1, -0.05) is 0 Å². The Morgan fingerprint density at radius 1 is 1.89 bits per heavy atom. The minimum absolute atomic E-state index is 0.449. The summed E-state index contributed by atoms with van der Waals surface area (Å²) in [5.41, 5.74) is 2.56. The van der Waals surface area contributed by atoms with E-state index in [-0.39, 0.29) is 0 Å². The summed E-state index contributed by atoms with van der Waals surface area (Å²) in [5, 5.41) is 0. The Morgan fingerprint density at radius 3 is 3.33 bits per heavy atom. The Kier molecular flexibility index (Phi) is 2.09. The molecule has 0 saturated carbocycles. The summed E-state index contributed by atoms with van der Waals surface area (Å²) >= 11 is 0. The Hall–Kier alpha value is -1.03. The van der Waals surface area contributed by atoms with Gasteiger partial charge in [-0.2, -0.15) is 0 Å². The van der Waals surface area contributed by atoms with E-state index in [9.17, 15) is 0 Å². The highest BCUT2D eigenvalue weighted by Gasteiger charge is 1.98. The van der Waals surface area contributed by atoms with E-state index in [1.807, 2.05) is 0 Å². The summed E-state index contributed by atoms with van der Waals surface area (Å²) in [6, 6.07) is 0. The fourth-order valence-electron chi connectivity index (χ4n) is 0.501. The zero-order valence-electron chi connectivity index (χ0n) is 5.13. The summed E-state index contributed by atoms with van der Waals surface area (Å²) in [5.74, 6) is 0.681. The number of aliphatic imine (C=N–C) groups is 1. The maximum Gasteiger partial charge on any atom is 0.163 e. The van der Waals surface area contributed by atoms with Crippen LogP contribution in [0.5, 0.6) is 0 Å². The van der Waals surface area contributed by atoms with Gasteiger partial charge in [-0.3, -0.25) is 10.3 Å². The number of rotatable bonds is 1. The molecule has 9 heavy (non-hydrogen) atoms. The number of hydrogen-bond donors (Lipinski definition) is 1. The SMILES string of the molecule is CONC1=NC=COC1. The van der Waals surface area contributed by atoms with Crippen molar-refractivity contribution in [3.63, 3.8) is 0 Å². The highest BCUT2D eigenvalue weighted by molar-refractivity contribution is 5.83. The first-order valence-electron chi connectivity index (χ1n) is 2.56. The molecule has 1 aliphatic rings. The fraction of sp³-hybridized carbons (Fsp3) is 0.400. The van der Waals surface area contributed by atoms with Gasteiger partial charge in [0.2, 0.25) is 0 Å². The lowest BCUT2D eigenvalue weighted by atomic mass is 10.6. The predicted molar refractivity (Wildman–Crippen MR) is 32.7 cm³/mol. The van der Waals surface area contributed by atoms with Crippen LogP contribution in [0, 0.1) is 0 Å². The third kappa shape index (κ3) is 1.73. The molecule has 0 radical (unpaired) electrons. The number of nitrogens with one attached hydrogen (secondary N) is 1. The van der Waals surface area contributed by atoms with Crippen molar-refractivity contribution in [2.45, 2.75) is 0 Å². The molecule has 0 fully saturated rings. The number of amidine groups is 1. The standard InChI is InChI=1S/C5H8N2O2/c1-8-7-5-4-9-3-2-6-5/h2-3H,4H2,1H3,(H,6,7). The summed E-state index contributed by atoms with van der Waals surface area (Å²) in [6.07, 6.45) is 3.09. The van der Waals surface area contributed by atoms with Crippen LogP contribution in [0.25, 0.3) is 0 Å². The predicted octanol–water partition coefficient (Wildman–Crippen LogP) is 0.0373. The molecule has 50 valence electrons. The Morgan fingerprint density at radius 2 is 2.78 bits per heavy atom. The van der Waals surface area contributed by atoms with E-state index in [1.54, 1.807) is 6.20 Å². The van der Waals surface area contributed by atoms with E-state index in [4.69, 9.17) is 4.74 Å². The fourth-order valence-corrected chi connectivity index (χ4v) is 0.501. The topological polar surface area (TPSA) is 42.8 Å². The molecular weight excluding hydrogens is 120 g/mol. The van der Waals surface area contributed by atoms with Gasteiger partial charge in [-0.15, -0.1) is 0 Å². The van der Waals surface area contributed by atoms with Crippen LogP contribution < -0.4 is 5.48 Å². The molecule has 0 spiro atoms. The number of ether oxygens (including phenoxy) is 1. The van der Waals surface area contributed by atoms with Crippen LogP contribution in [-0.2, 0) is 9.57 Å². The van der Waals surface area contributed by atoms with Crippen LogP contribution in [0.15, 0.2) is 17.5 Å². The van der Waals surface area contributed by atoms with Gasteiger partial charge in [0.05, 0.1) is 13.3 Å². The molecule has 0 bridgehead atoms. The number of hydroxylamine groups is 1. The molecule has 0 saturated heterocycles. The average molecular weight is 128 g/mol. The summed E-state index contributed by atoms with van der Waals surface area (Å²) < 4.78 is 4.88. The summed E-state index contributed by atoms with van der Waals surface area (Å²) in [6.45, 7) is 0.449. The first kappa shape index (κ1) is 6.10. The minimum atomic E-state index is 0.449. The molecule has 4 heteroatoms. The Balaban J connectivity index is 2.38. The first-order valence-corrected chi connectivity index (χ1v) is 2.56. The van der Waals surface area contributed by atoms with Gasteiger partial charge in [0, 0.05) is 0 Å². The summed E-state index contributed by atoms with van der Waals surface area (Å²) in [4.78, 5) is 8.48. The van der Waals surface area contributed by atoms with Crippen molar-refractivity contribution in [3.05, 3.63) is 12.5 Å². The zero-order chi connectivity index (χ0) is 6.53. The van der Waals surface area contributed by atoms with Crippen LogP contribution in [0.2, 0.25) is 0 Å². The van der Waals surface area contributed by atoms with Crippen molar-refractivity contribution in [3.8, 4) is 0 Å². The van der Waals surface area contributed by atoms with E-state index in [0.717, 1.165) is 0 Å². The highest BCUT2D eigenvalue weighted by atomic mass is 16.6. The molecule has 0 aliphatic carbocycles. The second-order valence-electron chi connectivity index (χ2n) is 1.48. The van der Waals surface area contributed by atoms with Gasteiger partial charge in [0.25, 0.3) is 0 Å². The second-order valence-corrected chi connectivity index (χ2v) is 1.48. The molecule has 4 nitrogen and oxygen atoms in total. The Bertz CT molecular complexity index is 142. The van der Waals surface area contributed by atoms with E-state index >= 15 is 0 Å². The van der Waals surface area contributed by atoms with Crippen molar-refractivity contribution in [1.29, 1.82) is 0 Å². The highest BCUT2D eigenvalue weighted by Crippen LogP contribution is 1.89. The molecule has 1 aliphatic heterocycles. The lowest BCUT2D eigenvalue weighted by Crippen LogP contribution is -2.27. The third-order valence-electron chi connectivity index (χ3n) is 0.827. The van der Waals surface area contributed by atoms with Crippen molar-refractivity contribution in [2.24, 2.45) is 4.99 Å². The van der Waals surface area contributed by atoms with Gasteiger partial charge in [0.1, 0.15) is 12.9 Å². The van der Waals surface area contributed by atoms with E-state index in [2.05, 4.69) is 15.3 Å². The maximum atomic E-state index is 4.88. The second kappa shape index (κ2) is 3.09. The molecule has 1 rings (SSSR count). The molecule has 0 atom stereocenters. The number of hydrogen-bond acceptors (Lipinski definition) is 4. The zero-order valence-corrected chi connectivity index (χ0v) is 5.13. The van der Waals surface area contributed by atoms with Crippen LogP contribution in [0.4, 0.5) is 0 Å². The van der Waals surface area contributed by atoms with E-state index in [0.29, 0.717) is 12.4 Å². The van der Waals surface area contributed by atoms with Gasteiger partial charge >= 0.3 is 0 Å². The first-order chi connectivity index (χ1) is 4.43. The van der Waals surface area contributed by atoms with Crippen molar-refractivity contribution in [1.82, 2.24) is 5.48 Å². The average Bonchev–Trinajstić information content (AvgIpc) is 1.91. The lowest BCUT2D eigenvalue weighted by molar-refractivity contribution is 0.135. The maximum absolute atomic E-state index is 4.88. The monoisotopic (exact) mass is 128 g/mol. The third-order valence-corrected chi connectivity index (χ3v) is 0.827. The molecule has 1 heterocycles. The molecule has 0 amide bonds. The molecular formula is C5H8N2O2. The Labute approximate surface area is 53.1 Å². The molecule has 0 aromatic rings. The van der Waals surface area contributed by atoms with E-state index in [1.165, 1.54) is 13.4 Å². The van der Waals surface area contributed by atoms with Gasteiger partial charge in [-0.05, 0) is 0 Å². The van der Waals surface area contributed by atoms with Crippen LogP contribution >= 0.6 is 0 Å². The van der Waals surface area contributed by atoms with Crippen molar-refractivity contribution < 1.29 is 9.57 Å². The van der Waals surface area contributed by atoms with Gasteiger partial charge in [0.15, 0.2) is 5.84 Å².